The Morgan fingerprint density at radius 2 is 2.07 bits per heavy atom. The molecule has 2 heteroatoms. The molecule has 0 aromatic heterocycles. The molecule has 0 radical (unpaired) electrons. The normalized spacial score (nSPS) is 15.9. The first kappa shape index (κ1) is 9.38. The second-order valence-corrected chi connectivity index (χ2v) is 4.24. The lowest BCUT2D eigenvalue weighted by atomic mass is 10.1. The van der Waals surface area contributed by atoms with Crippen LogP contribution >= 0.6 is 0 Å². The molecular formula is C12H17NO. The van der Waals surface area contributed by atoms with Gasteiger partial charge in [-0.15, -0.1) is 0 Å². The molecule has 0 amide bonds. The molecule has 2 nitrogen and oxygen atoms in total. The molecule has 1 aromatic carbocycles. The summed E-state index contributed by atoms with van der Waals surface area (Å²) in [6.07, 6.45) is 2.80. The van der Waals surface area contributed by atoms with Gasteiger partial charge in [0, 0.05) is 0 Å². The Balaban J connectivity index is 2.17. The standard InChI is InChI=1S/C12H17NO/c1-8(2)14-12-6-5-10(7-11(12)13)9-3-4-9/h5-9H,3-4,13H2,1-2H3. The van der Waals surface area contributed by atoms with E-state index in [1.165, 1.54) is 18.4 Å². The van der Waals surface area contributed by atoms with E-state index in [4.69, 9.17) is 10.5 Å². The van der Waals surface area contributed by atoms with Gasteiger partial charge in [0.05, 0.1) is 11.8 Å². The Labute approximate surface area is 85.1 Å². The fourth-order valence-electron chi connectivity index (χ4n) is 1.60. The quantitative estimate of drug-likeness (QED) is 0.745. The minimum Gasteiger partial charge on any atom is -0.489 e. The number of benzene rings is 1. The van der Waals surface area contributed by atoms with Gasteiger partial charge in [0.1, 0.15) is 5.75 Å². The molecule has 0 aliphatic heterocycles. The third kappa shape index (κ3) is 2.00. The van der Waals surface area contributed by atoms with E-state index in [-0.39, 0.29) is 6.10 Å². The van der Waals surface area contributed by atoms with Crippen LogP contribution in [-0.2, 0) is 0 Å². The van der Waals surface area contributed by atoms with Crippen LogP contribution in [0.25, 0.3) is 0 Å². The predicted octanol–water partition coefficient (Wildman–Crippen LogP) is 2.93. The number of nitrogen functional groups attached to an aromatic ring is 1. The van der Waals surface area contributed by atoms with Crippen LogP contribution < -0.4 is 10.5 Å². The van der Waals surface area contributed by atoms with Crippen LogP contribution in [0.3, 0.4) is 0 Å². The molecule has 0 spiro atoms. The number of anilines is 1. The summed E-state index contributed by atoms with van der Waals surface area (Å²) in [5.41, 5.74) is 8.04. The smallest absolute Gasteiger partial charge is 0.142 e. The fraction of sp³-hybridized carbons (Fsp3) is 0.500. The summed E-state index contributed by atoms with van der Waals surface area (Å²) in [6.45, 7) is 4.02. The number of ether oxygens (including phenoxy) is 1. The zero-order valence-electron chi connectivity index (χ0n) is 8.79. The molecule has 0 bridgehead atoms. The number of hydrogen-bond acceptors (Lipinski definition) is 2. The molecule has 14 heavy (non-hydrogen) atoms. The van der Waals surface area contributed by atoms with Crippen LogP contribution in [0.1, 0.15) is 38.2 Å². The van der Waals surface area contributed by atoms with Crippen molar-refractivity contribution < 1.29 is 4.74 Å². The molecular weight excluding hydrogens is 174 g/mol. The van der Waals surface area contributed by atoms with Crippen molar-refractivity contribution in [2.24, 2.45) is 0 Å². The first-order valence-corrected chi connectivity index (χ1v) is 5.23. The second kappa shape index (κ2) is 3.52. The summed E-state index contributed by atoms with van der Waals surface area (Å²) < 4.78 is 5.58. The number of rotatable bonds is 3. The number of nitrogens with two attached hydrogens (primary N) is 1. The van der Waals surface area contributed by atoms with E-state index in [2.05, 4.69) is 12.1 Å². The average Bonchev–Trinajstić information content (AvgIpc) is 2.90. The van der Waals surface area contributed by atoms with Crippen LogP contribution in [0.5, 0.6) is 5.75 Å². The van der Waals surface area contributed by atoms with Crippen molar-refractivity contribution in [1.82, 2.24) is 0 Å². The van der Waals surface area contributed by atoms with Gasteiger partial charge in [-0.1, -0.05) is 6.07 Å². The summed E-state index contributed by atoms with van der Waals surface area (Å²) in [5.74, 6) is 1.56. The highest BCUT2D eigenvalue weighted by Gasteiger charge is 2.23. The van der Waals surface area contributed by atoms with Crippen molar-refractivity contribution in [1.29, 1.82) is 0 Å². The Kier molecular flexibility index (Phi) is 2.36. The van der Waals surface area contributed by atoms with Gasteiger partial charge in [0.15, 0.2) is 0 Å². The van der Waals surface area contributed by atoms with E-state index < -0.39 is 0 Å². The van der Waals surface area contributed by atoms with Crippen molar-refractivity contribution in [3.05, 3.63) is 23.8 Å². The maximum Gasteiger partial charge on any atom is 0.142 e. The molecule has 0 unspecified atom stereocenters. The van der Waals surface area contributed by atoms with Crippen LogP contribution in [0.2, 0.25) is 0 Å². The highest BCUT2D eigenvalue weighted by atomic mass is 16.5. The lowest BCUT2D eigenvalue weighted by Crippen LogP contribution is -2.07. The lowest BCUT2D eigenvalue weighted by molar-refractivity contribution is 0.244. The first-order valence-electron chi connectivity index (χ1n) is 5.23. The third-order valence-corrected chi connectivity index (χ3v) is 2.45. The monoisotopic (exact) mass is 191 g/mol. The van der Waals surface area contributed by atoms with E-state index in [9.17, 15) is 0 Å². The molecule has 1 aliphatic carbocycles. The van der Waals surface area contributed by atoms with E-state index in [1.807, 2.05) is 19.9 Å². The van der Waals surface area contributed by atoms with Gasteiger partial charge in [-0.25, -0.2) is 0 Å². The van der Waals surface area contributed by atoms with Gasteiger partial charge >= 0.3 is 0 Å². The first-order chi connectivity index (χ1) is 6.66. The van der Waals surface area contributed by atoms with Gasteiger partial charge in [-0.3, -0.25) is 0 Å². The topological polar surface area (TPSA) is 35.2 Å². The van der Waals surface area contributed by atoms with Crippen LogP contribution in [-0.4, -0.2) is 6.10 Å². The summed E-state index contributed by atoms with van der Waals surface area (Å²) >= 11 is 0. The SMILES string of the molecule is CC(C)Oc1ccc(C2CC2)cc1N. The van der Waals surface area contributed by atoms with E-state index in [0.717, 1.165) is 17.4 Å². The summed E-state index contributed by atoms with van der Waals surface area (Å²) in [5, 5.41) is 0. The Hall–Kier alpha value is -1.18. The fourth-order valence-corrected chi connectivity index (χ4v) is 1.60. The zero-order chi connectivity index (χ0) is 10.1. The maximum atomic E-state index is 5.91. The molecule has 1 fully saturated rings. The summed E-state index contributed by atoms with van der Waals surface area (Å²) in [7, 11) is 0. The van der Waals surface area contributed by atoms with Gasteiger partial charge in [0.2, 0.25) is 0 Å². The van der Waals surface area contributed by atoms with Crippen molar-refractivity contribution in [2.75, 3.05) is 5.73 Å². The van der Waals surface area contributed by atoms with Crippen LogP contribution in [0.4, 0.5) is 5.69 Å². The predicted molar refractivity (Wildman–Crippen MR) is 58.6 cm³/mol. The Bertz CT molecular complexity index is 329. The van der Waals surface area contributed by atoms with E-state index in [0.29, 0.717) is 0 Å². The van der Waals surface area contributed by atoms with E-state index >= 15 is 0 Å². The second-order valence-electron chi connectivity index (χ2n) is 4.24. The molecule has 1 aliphatic rings. The van der Waals surface area contributed by atoms with E-state index in [1.54, 1.807) is 0 Å². The van der Waals surface area contributed by atoms with Crippen LogP contribution in [0.15, 0.2) is 18.2 Å². The van der Waals surface area contributed by atoms with Gasteiger partial charge in [-0.05, 0) is 50.3 Å². The highest BCUT2D eigenvalue weighted by Crippen LogP contribution is 2.41. The molecule has 2 N–H and O–H groups in total. The molecule has 1 aromatic rings. The highest BCUT2D eigenvalue weighted by molar-refractivity contribution is 5.55. The zero-order valence-corrected chi connectivity index (χ0v) is 8.79. The van der Waals surface area contributed by atoms with Gasteiger partial charge < -0.3 is 10.5 Å². The molecule has 0 heterocycles. The Morgan fingerprint density at radius 3 is 2.57 bits per heavy atom. The van der Waals surface area contributed by atoms with Crippen molar-refractivity contribution in [2.45, 2.75) is 38.7 Å². The molecule has 0 saturated heterocycles. The van der Waals surface area contributed by atoms with Crippen molar-refractivity contribution in [3.63, 3.8) is 0 Å². The maximum absolute atomic E-state index is 5.91. The number of hydrogen-bond donors (Lipinski definition) is 1. The summed E-state index contributed by atoms with van der Waals surface area (Å²) in [4.78, 5) is 0. The largest absolute Gasteiger partial charge is 0.489 e. The van der Waals surface area contributed by atoms with Crippen molar-refractivity contribution >= 4 is 5.69 Å². The van der Waals surface area contributed by atoms with Crippen LogP contribution in [0, 0.1) is 0 Å². The minimum absolute atomic E-state index is 0.184. The molecule has 2 rings (SSSR count). The summed E-state index contributed by atoms with van der Waals surface area (Å²) in [6, 6.07) is 6.17. The van der Waals surface area contributed by atoms with Gasteiger partial charge in [-0.2, -0.15) is 0 Å². The molecule has 76 valence electrons. The van der Waals surface area contributed by atoms with Crippen molar-refractivity contribution in [3.8, 4) is 5.75 Å². The Morgan fingerprint density at radius 1 is 1.36 bits per heavy atom. The average molecular weight is 191 g/mol. The molecule has 1 saturated carbocycles. The third-order valence-electron chi connectivity index (χ3n) is 2.45. The minimum atomic E-state index is 0.184. The lowest BCUT2D eigenvalue weighted by Gasteiger charge is -2.12. The molecule has 0 atom stereocenters. The van der Waals surface area contributed by atoms with Gasteiger partial charge in [0.25, 0.3) is 0 Å².